The monoisotopic (exact) mass is 244 g/mol. The number of fused-ring (bicyclic) bond motifs is 1. The molecule has 18 heavy (non-hydrogen) atoms. The van der Waals surface area contributed by atoms with Gasteiger partial charge < -0.3 is 9.67 Å². The average molecular weight is 244 g/mol. The normalized spacial score (nSPS) is 17.6. The van der Waals surface area contributed by atoms with Gasteiger partial charge in [0.15, 0.2) is 0 Å². The smallest absolute Gasteiger partial charge is 0.309 e. The van der Waals surface area contributed by atoms with Crippen molar-refractivity contribution in [1.29, 1.82) is 0 Å². The molecule has 0 spiro atoms. The Bertz CT molecular complexity index is 611. The van der Waals surface area contributed by atoms with E-state index in [1.807, 2.05) is 29.8 Å². The fraction of sp³-hybridized carbons (Fsp3) is 0.429. The second-order valence-corrected chi connectivity index (χ2v) is 5.29. The minimum Gasteiger partial charge on any atom is -0.481 e. The molecule has 94 valence electrons. The van der Waals surface area contributed by atoms with Gasteiger partial charge in [0.05, 0.1) is 22.8 Å². The molecule has 0 saturated heterocycles. The zero-order valence-electron chi connectivity index (χ0n) is 10.4. The maximum Gasteiger partial charge on any atom is 0.309 e. The van der Waals surface area contributed by atoms with Crippen LogP contribution < -0.4 is 0 Å². The zero-order chi connectivity index (χ0) is 12.8. The molecule has 2 aromatic rings. The number of aryl methyl sites for hydroxylation is 1. The number of nitrogens with zero attached hydrogens (tertiary/aromatic N) is 2. The minimum absolute atomic E-state index is 0.525. The molecule has 0 aliphatic heterocycles. The second kappa shape index (κ2) is 3.83. The average Bonchev–Trinajstić information content (AvgIpc) is 2.65. The lowest BCUT2D eigenvalue weighted by atomic mass is 9.65. The standard InChI is InChI=1S/C14H16N2O2/c1-16-9-15-11-7-10(3-4-12(11)16)8-14(13(17)18)5-2-6-14/h3-4,7,9H,2,5-6,8H2,1H3,(H,17,18). The van der Waals surface area contributed by atoms with E-state index in [1.165, 1.54) is 0 Å². The SMILES string of the molecule is Cn1cnc2cc(CC3(C(=O)O)CCC3)ccc21. The van der Waals surface area contributed by atoms with Gasteiger partial charge in [0.2, 0.25) is 0 Å². The van der Waals surface area contributed by atoms with Crippen LogP contribution in [0.2, 0.25) is 0 Å². The summed E-state index contributed by atoms with van der Waals surface area (Å²) in [6.45, 7) is 0. The Morgan fingerprint density at radius 1 is 1.50 bits per heavy atom. The molecule has 3 rings (SSSR count). The van der Waals surface area contributed by atoms with Crippen LogP contribution in [0.15, 0.2) is 24.5 Å². The molecule has 0 radical (unpaired) electrons. The summed E-state index contributed by atoms with van der Waals surface area (Å²) < 4.78 is 1.97. The first-order valence-corrected chi connectivity index (χ1v) is 6.24. The van der Waals surface area contributed by atoms with Gasteiger partial charge in [0, 0.05) is 7.05 Å². The van der Waals surface area contributed by atoms with E-state index >= 15 is 0 Å². The van der Waals surface area contributed by atoms with Gasteiger partial charge in [-0.15, -0.1) is 0 Å². The Kier molecular flexibility index (Phi) is 2.40. The quantitative estimate of drug-likeness (QED) is 0.901. The van der Waals surface area contributed by atoms with Gasteiger partial charge in [0.1, 0.15) is 0 Å². The van der Waals surface area contributed by atoms with Crippen molar-refractivity contribution in [2.45, 2.75) is 25.7 Å². The fourth-order valence-electron chi connectivity index (χ4n) is 2.75. The number of rotatable bonds is 3. The molecule has 1 aliphatic rings. The first-order valence-electron chi connectivity index (χ1n) is 6.24. The number of benzene rings is 1. The molecule has 4 heteroatoms. The van der Waals surface area contributed by atoms with Crippen LogP contribution in [-0.4, -0.2) is 20.6 Å². The highest BCUT2D eigenvalue weighted by Gasteiger charge is 2.44. The van der Waals surface area contributed by atoms with Gasteiger partial charge in [-0.25, -0.2) is 4.98 Å². The van der Waals surface area contributed by atoms with Gasteiger partial charge in [-0.1, -0.05) is 12.5 Å². The topological polar surface area (TPSA) is 55.1 Å². The largest absolute Gasteiger partial charge is 0.481 e. The number of hydrogen-bond donors (Lipinski definition) is 1. The molecular weight excluding hydrogens is 228 g/mol. The molecule has 0 unspecified atom stereocenters. The van der Waals surface area contributed by atoms with E-state index in [4.69, 9.17) is 0 Å². The summed E-state index contributed by atoms with van der Waals surface area (Å²) in [6, 6.07) is 6.05. The maximum atomic E-state index is 11.4. The molecule has 1 N–H and O–H groups in total. The fourth-order valence-corrected chi connectivity index (χ4v) is 2.75. The summed E-state index contributed by atoms with van der Waals surface area (Å²) in [5, 5.41) is 9.34. The summed E-state index contributed by atoms with van der Waals surface area (Å²) in [7, 11) is 1.96. The Balaban J connectivity index is 1.93. The number of carboxylic acid groups (broad SMARTS) is 1. The Hall–Kier alpha value is -1.84. The molecule has 4 nitrogen and oxygen atoms in total. The third-order valence-electron chi connectivity index (χ3n) is 4.10. The molecule has 0 atom stereocenters. The van der Waals surface area contributed by atoms with E-state index in [-0.39, 0.29) is 0 Å². The van der Waals surface area contributed by atoms with E-state index < -0.39 is 11.4 Å². The lowest BCUT2D eigenvalue weighted by molar-refractivity contribution is -0.154. The van der Waals surface area contributed by atoms with Crippen molar-refractivity contribution in [3.63, 3.8) is 0 Å². The summed E-state index contributed by atoms with van der Waals surface area (Å²) in [5.41, 5.74) is 2.57. The van der Waals surface area contributed by atoms with Crippen molar-refractivity contribution >= 4 is 17.0 Å². The Morgan fingerprint density at radius 3 is 2.89 bits per heavy atom. The minimum atomic E-state index is -0.658. The summed E-state index contributed by atoms with van der Waals surface area (Å²) >= 11 is 0. The van der Waals surface area contributed by atoms with Crippen LogP contribution in [-0.2, 0) is 18.3 Å². The molecule has 1 saturated carbocycles. The predicted octanol–water partition coefficient (Wildman–Crippen LogP) is 2.37. The third kappa shape index (κ3) is 1.60. The van der Waals surface area contributed by atoms with E-state index in [2.05, 4.69) is 4.98 Å². The molecule has 1 heterocycles. The van der Waals surface area contributed by atoms with Crippen LogP contribution in [0.3, 0.4) is 0 Å². The zero-order valence-corrected chi connectivity index (χ0v) is 10.4. The van der Waals surface area contributed by atoms with Crippen LogP contribution in [0.25, 0.3) is 11.0 Å². The first-order chi connectivity index (χ1) is 8.61. The van der Waals surface area contributed by atoms with Gasteiger partial charge in [-0.2, -0.15) is 0 Å². The van der Waals surface area contributed by atoms with Gasteiger partial charge >= 0.3 is 5.97 Å². The number of aliphatic carboxylic acids is 1. The number of aromatic nitrogens is 2. The molecule has 1 aromatic carbocycles. The third-order valence-corrected chi connectivity index (χ3v) is 4.10. The number of hydrogen-bond acceptors (Lipinski definition) is 2. The Labute approximate surface area is 105 Å². The van der Waals surface area contributed by atoms with Gasteiger partial charge in [0.25, 0.3) is 0 Å². The van der Waals surface area contributed by atoms with Crippen LogP contribution in [0, 0.1) is 5.41 Å². The first kappa shape index (κ1) is 11.3. The lowest BCUT2D eigenvalue weighted by Crippen LogP contribution is -2.39. The van der Waals surface area contributed by atoms with Crippen molar-refractivity contribution in [3.05, 3.63) is 30.1 Å². The summed E-state index contributed by atoms with van der Waals surface area (Å²) in [5.74, 6) is -0.658. The van der Waals surface area contributed by atoms with Crippen LogP contribution in [0.5, 0.6) is 0 Å². The molecule has 0 bridgehead atoms. The van der Waals surface area contributed by atoms with Crippen molar-refractivity contribution in [3.8, 4) is 0 Å². The number of carbonyl (C=O) groups is 1. The highest BCUT2D eigenvalue weighted by Crippen LogP contribution is 2.44. The van der Waals surface area contributed by atoms with Crippen LogP contribution in [0.4, 0.5) is 0 Å². The van der Waals surface area contributed by atoms with Crippen molar-refractivity contribution in [2.75, 3.05) is 0 Å². The molecular formula is C14H16N2O2. The highest BCUT2D eigenvalue weighted by atomic mass is 16.4. The van der Waals surface area contributed by atoms with Gasteiger partial charge in [-0.05, 0) is 37.0 Å². The summed E-state index contributed by atoms with van der Waals surface area (Å²) in [4.78, 5) is 15.7. The molecule has 1 aromatic heterocycles. The van der Waals surface area contributed by atoms with Crippen LogP contribution >= 0.6 is 0 Å². The van der Waals surface area contributed by atoms with Gasteiger partial charge in [-0.3, -0.25) is 4.79 Å². The Morgan fingerprint density at radius 2 is 2.28 bits per heavy atom. The van der Waals surface area contributed by atoms with Crippen molar-refractivity contribution in [1.82, 2.24) is 9.55 Å². The number of imidazole rings is 1. The predicted molar refractivity (Wildman–Crippen MR) is 68.3 cm³/mol. The lowest BCUT2D eigenvalue weighted by Gasteiger charge is -2.37. The summed E-state index contributed by atoms with van der Waals surface area (Å²) in [6.07, 6.45) is 5.02. The van der Waals surface area contributed by atoms with E-state index in [9.17, 15) is 9.90 Å². The van der Waals surface area contributed by atoms with E-state index in [1.54, 1.807) is 6.33 Å². The van der Waals surface area contributed by atoms with E-state index in [0.29, 0.717) is 6.42 Å². The van der Waals surface area contributed by atoms with Crippen LogP contribution in [0.1, 0.15) is 24.8 Å². The highest BCUT2D eigenvalue weighted by molar-refractivity contribution is 5.78. The van der Waals surface area contributed by atoms with Crippen molar-refractivity contribution in [2.24, 2.45) is 12.5 Å². The molecule has 1 fully saturated rings. The number of carboxylic acids is 1. The molecule has 0 amide bonds. The maximum absolute atomic E-state index is 11.4. The second-order valence-electron chi connectivity index (χ2n) is 5.29. The van der Waals surface area contributed by atoms with Crippen molar-refractivity contribution < 1.29 is 9.90 Å². The van der Waals surface area contributed by atoms with E-state index in [0.717, 1.165) is 35.9 Å². The molecule has 1 aliphatic carbocycles.